The minimum Gasteiger partial charge on any atom is -0.550 e. The van der Waals surface area contributed by atoms with Crippen LogP contribution in [0, 0.1) is 11.8 Å². The first-order valence-corrected chi connectivity index (χ1v) is 9.89. The number of hydrogen-bond acceptors (Lipinski definition) is 4. The Hall–Kier alpha value is -2.66. The molecule has 4 rings (SSSR count). The zero-order chi connectivity index (χ0) is 19.5. The number of carboxylic acid groups (broad SMARTS) is 1. The summed E-state index contributed by atoms with van der Waals surface area (Å²) >= 11 is 0. The van der Waals surface area contributed by atoms with Crippen LogP contribution in [-0.4, -0.2) is 30.6 Å². The largest absolute Gasteiger partial charge is 0.550 e. The van der Waals surface area contributed by atoms with E-state index in [0.717, 1.165) is 12.8 Å². The third-order valence-electron chi connectivity index (χ3n) is 5.98. The maximum absolute atomic E-state index is 12.7. The van der Waals surface area contributed by atoms with Crippen molar-refractivity contribution in [3.63, 3.8) is 0 Å². The highest BCUT2D eigenvalue weighted by atomic mass is 16.5. The highest BCUT2D eigenvalue weighted by Crippen LogP contribution is 2.43. The molecule has 2 saturated heterocycles. The van der Waals surface area contributed by atoms with E-state index in [1.807, 2.05) is 36.4 Å². The van der Waals surface area contributed by atoms with Gasteiger partial charge < -0.3 is 20.0 Å². The molecule has 1 amide bonds. The van der Waals surface area contributed by atoms with Crippen molar-refractivity contribution in [2.75, 3.05) is 6.54 Å². The van der Waals surface area contributed by atoms with E-state index >= 15 is 0 Å². The van der Waals surface area contributed by atoms with Gasteiger partial charge in [0, 0.05) is 24.3 Å². The fraction of sp³-hybridized carbons (Fsp3) is 0.391. The van der Waals surface area contributed by atoms with E-state index in [1.54, 1.807) is 0 Å². The third kappa shape index (κ3) is 3.67. The van der Waals surface area contributed by atoms with E-state index in [0.29, 0.717) is 13.0 Å². The normalized spacial score (nSPS) is 25.8. The molecule has 0 aliphatic carbocycles. The lowest BCUT2D eigenvalue weighted by Gasteiger charge is -2.28. The SMILES string of the molecule is O=C(NCCC(c1ccccc1)c1ccccc1)[C@@H]1[C@@H](C(=O)[O-])[C@H]2CC[C@@H]1O2. The minimum atomic E-state index is -1.18. The number of carboxylic acids is 1. The Labute approximate surface area is 164 Å². The van der Waals surface area contributed by atoms with Crippen molar-refractivity contribution >= 4 is 11.9 Å². The fourth-order valence-electron chi connectivity index (χ4n) is 4.66. The van der Waals surface area contributed by atoms with Crippen molar-refractivity contribution in [2.45, 2.75) is 37.4 Å². The molecule has 2 fully saturated rings. The maximum atomic E-state index is 12.7. The van der Waals surface area contributed by atoms with Gasteiger partial charge in [0.05, 0.1) is 18.1 Å². The molecule has 0 aromatic heterocycles. The number of hydrogen-bond donors (Lipinski definition) is 1. The van der Waals surface area contributed by atoms with Crippen LogP contribution in [0.25, 0.3) is 0 Å². The van der Waals surface area contributed by atoms with Crippen molar-refractivity contribution in [3.05, 3.63) is 71.8 Å². The summed E-state index contributed by atoms with van der Waals surface area (Å²) in [5.74, 6) is -2.73. The molecule has 0 saturated carbocycles. The minimum absolute atomic E-state index is 0.163. The summed E-state index contributed by atoms with van der Waals surface area (Å²) in [5, 5.41) is 14.4. The monoisotopic (exact) mass is 378 g/mol. The lowest BCUT2D eigenvalue weighted by molar-refractivity contribution is -0.314. The molecule has 0 spiro atoms. The van der Waals surface area contributed by atoms with Gasteiger partial charge in [-0.15, -0.1) is 0 Å². The highest BCUT2D eigenvalue weighted by molar-refractivity contribution is 5.86. The molecule has 28 heavy (non-hydrogen) atoms. The molecule has 2 bridgehead atoms. The Morgan fingerprint density at radius 1 is 0.929 bits per heavy atom. The van der Waals surface area contributed by atoms with Gasteiger partial charge in [-0.3, -0.25) is 4.79 Å². The molecule has 2 heterocycles. The first-order chi connectivity index (χ1) is 13.6. The van der Waals surface area contributed by atoms with Gasteiger partial charge in [-0.1, -0.05) is 60.7 Å². The number of benzene rings is 2. The summed E-state index contributed by atoms with van der Waals surface area (Å²) in [5.41, 5.74) is 2.39. The molecule has 2 aromatic rings. The topological polar surface area (TPSA) is 78.5 Å². The van der Waals surface area contributed by atoms with Crippen molar-refractivity contribution in [1.29, 1.82) is 0 Å². The Balaban J connectivity index is 1.42. The van der Waals surface area contributed by atoms with Crippen molar-refractivity contribution < 1.29 is 19.4 Å². The van der Waals surface area contributed by atoms with Crippen molar-refractivity contribution in [3.8, 4) is 0 Å². The first kappa shape index (κ1) is 18.7. The van der Waals surface area contributed by atoms with Crippen LogP contribution in [0.3, 0.4) is 0 Å². The third-order valence-corrected chi connectivity index (χ3v) is 5.98. The van der Waals surface area contributed by atoms with E-state index in [4.69, 9.17) is 4.74 Å². The van der Waals surface area contributed by atoms with E-state index in [2.05, 4.69) is 29.6 Å². The van der Waals surface area contributed by atoms with Crippen LogP contribution >= 0.6 is 0 Å². The lowest BCUT2D eigenvalue weighted by atomic mass is 9.78. The molecule has 4 atom stereocenters. The number of amides is 1. The van der Waals surface area contributed by atoms with Crippen LogP contribution in [0.5, 0.6) is 0 Å². The Morgan fingerprint density at radius 2 is 1.46 bits per heavy atom. The molecule has 146 valence electrons. The molecular weight excluding hydrogens is 354 g/mol. The molecule has 5 nitrogen and oxygen atoms in total. The van der Waals surface area contributed by atoms with E-state index in [1.165, 1.54) is 11.1 Å². The average Bonchev–Trinajstić information content (AvgIpc) is 3.34. The Kier molecular flexibility index (Phi) is 5.44. The van der Waals surface area contributed by atoms with Crippen LogP contribution in [0.1, 0.15) is 36.3 Å². The van der Waals surface area contributed by atoms with Crippen LogP contribution in [0.15, 0.2) is 60.7 Å². The Morgan fingerprint density at radius 3 is 2.00 bits per heavy atom. The van der Waals surface area contributed by atoms with Crippen molar-refractivity contribution in [1.82, 2.24) is 5.32 Å². The number of rotatable bonds is 7. The van der Waals surface area contributed by atoms with E-state index < -0.39 is 17.8 Å². The van der Waals surface area contributed by atoms with Gasteiger partial charge in [-0.05, 0) is 30.4 Å². The summed E-state index contributed by atoms with van der Waals surface area (Å²) < 4.78 is 5.66. The second-order valence-electron chi connectivity index (χ2n) is 7.61. The molecule has 2 aliphatic heterocycles. The van der Waals surface area contributed by atoms with Gasteiger partial charge in [0.25, 0.3) is 0 Å². The number of aliphatic carboxylic acids is 1. The number of carbonyl (C=O) groups excluding carboxylic acids is 2. The summed E-state index contributed by atoms with van der Waals surface area (Å²) in [7, 11) is 0. The van der Waals surface area contributed by atoms with Gasteiger partial charge in [0.1, 0.15) is 0 Å². The molecule has 2 aromatic carbocycles. The summed E-state index contributed by atoms with van der Waals surface area (Å²) in [6.45, 7) is 0.473. The van der Waals surface area contributed by atoms with Crippen LogP contribution in [0.2, 0.25) is 0 Å². The lowest BCUT2D eigenvalue weighted by Crippen LogP contribution is -2.48. The Bertz CT molecular complexity index is 784. The predicted molar refractivity (Wildman–Crippen MR) is 102 cm³/mol. The number of nitrogens with one attached hydrogen (secondary N) is 1. The number of carbonyl (C=O) groups is 2. The van der Waals surface area contributed by atoms with E-state index in [9.17, 15) is 14.7 Å². The van der Waals surface area contributed by atoms with Gasteiger partial charge in [0.15, 0.2) is 0 Å². The standard InChI is InChI=1S/C23H25NO4/c25-22(20-18-11-12-19(28-18)21(20)23(26)27)24-14-13-17(15-7-3-1-4-8-15)16-9-5-2-6-10-16/h1-10,17-21H,11-14H2,(H,24,25)(H,26,27)/p-1/t18-,19+,20-,21-/m0/s1. The smallest absolute Gasteiger partial charge is 0.226 e. The molecule has 0 unspecified atom stereocenters. The molecule has 2 aliphatic rings. The van der Waals surface area contributed by atoms with Gasteiger partial charge in [0.2, 0.25) is 5.91 Å². The second-order valence-corrected chi connectivity index (χ2v) is 7.61. The fourth-order valence-corrected chi connectivity index (χ4v) is 4.66. The molecule has 1 N–H and O–H groups in total. The number of ether oxygens (including phenoxy) is 1. The maximum Gasteiger partial charge on any atom is 0.226 e. The van der Waals surface area contributed by atoms with Gasteiger partial charge in [-0.25, -0.2) is 0 Å². The van der Waals surface area contributed by atoms with Crippen LogP contribution in [0.4, 0.5) is 0 Å². The van der Waals surface area contributed by atoms with Crippen molar-refractivity contribution in [2.24, 2.45) is 11.8 Å². The van der Waals surface area contributed by atoms with Gasteiger partial charge in [-0.2, -0.15) is 0 Å². The van der Waals surface area contributed by atoms with E-state index in [-0.39, 0.29) is 24.0 Å². The zero-order valence-corrected chi connectivity index (χ0v) is 15.6. The molecule has 0 radical (unpaired) electrons. The quantitative estimate of drug-likeness (QED) is 0.798. The molecular formula is C23H24NO4-. The average molecular weight is 378 g/mol. The summed E-state index contributed by atoms with van der Waals surface area (Å²) in [6, 6.07) is 20.4. The zero-order valence-electron chi connectivity index (χ0n) is 15.6. The predicted octanol–water partition coefficient (Wildman–Crippen LogP) is 1.87. The molecule has 5 heteroatoms. The summed E-state index contributed by atoms with van der Waals surface area (Å²) in [6.07, 6.45) is 1.48. The number of fused-ring (bicyclic) bond motifs is 2. The van der Waals surface area contributed by atoms with Crippen LogP contribution < -0.4 is 10.4 Å². The summed E-state index contributed by atoms with van der Waals surface area (Å²) in [4.78, 5) is 24.2. The highest BCUT2D eigenvalue weighted by Gasteiger charge is 2.52. The van der Waals surface area contributed by atoms with Crippen LogP contribution in [-0.2, 0) is 14.3 Å². The first-order valence-electron chi connectivity index (χ1n) is 9.89. The second kappa shape index (κ2) is 8.15. The van der Waals surface area contributed by atoms with Gasteiger partial charge >= 0.3 is 0 Å².